The third-order valence-electron chi connectivity index (χ3n) is 2.87. The van der Waals surface area contributed by atoms with Crippen LogP contribution in [0.5, 0.6) is 0 Å². The third-order valence-corrected chi connectivity index (χ3v) is 2.87. The molecular formula is C14H15FN4O. The first-order valence-electron chi connectivity index (χ1n) is 5.99. The van der Waals surface area contributed by atoms with E-state index in [1.165, 1.54) is 12.1 Å². The molecule has 0 saturated heterocycles. The van der Waals surface area contributed by atoms with Crippen LogP contribution in [0.1, 0.15) is 11.1 Å². The van der Waals surface area contributed by atoms with Crippen LogP contribution in [0.2, 0.25) is 0 Å². The Bertz CT molecular complexity index is 613. The summed E-state index contributed by atoms with van der Waals surface area (Å²) in [5.41, 5.74) is 7.09. The number of nitrogens with two attached hydrogens (primary N) is 1. The smallest absolute Gasteiger partial charge is 0.170 e. The molecule has 0 spiro atoms. The summed E-state index contributed by atoms with van der Waals surface area (Å²) >= 11 is 0. The molecule has 0 aliphatic carbocycles. The van der Waals surface area contributed by atoms with Gasteiger partial charge < -0.3 is 15.8 Å². The standard InChI is InChI=1S/C14H15FN4O/c1-19(9-10-2-4-12(15)5-3-10)13-8-11(6-7-17-13)14(16)18-20/h2-8,20H,9H2,1H3,(H2,16,18). The van der Waals surface area contributed by atoms with E-state index in [2.05, 4.69) is 10.1 Å². The zero-order chi connectivity index (χ0) is 14.5. The van der Waals surface area contributed by atoms with Crippen molar-refractivity contribution < 1.29 is 9.60 Å². The summed E-state index contributed by atoms with van der Waals surface area (Å²) in [7, 11) is 1.86. The van der Waals surface area contributed by atoms with Crippen molar-refractivity contribution in [3.05, 3.63) is 59.5 Å². The SMILES string of the molecule is CN(Cc1ccc(F)cc1)c1cc(C(N)=NO)ccn1. The monoisotopic (exact) mass is 274 g/mol. The van der Waals surface area contributed by atoms with Gasteiger partial charge in [-0.25, -0.2) is 9.37 Å². The Morgan fingerprint density at radius 2 is 2.05 bits per heavy atom. The summed E-state index contributed by atoms with van der Waals surface area (Å²) in [4.78, 5) is 6.12. The lowest BCUT2D eigenvalue weighted by Crippen LogP contribution is -2.19. The highest BCUT2D eigenvalue weighted by atomic mass is 19.1. The van der Waals surface area contributed by atoms with Crippen molar-refractivity contribution in [2.45, 2.75) is 6.54 Å². The molecule has 0 aliphatic heterocycles. The van der Waals surface area contributed by atoms with E-state index < -0.39 is 0 Å². The summed E-state index contributed by atoms with van der Waals surface area (Å²) < 4.78 is 12.9. The molecule has 3 N–H and O–H groups in total. The fourth-order valence-electron chi connectivity index (χ4n) is 1.79. The van der Waals surface area contributed by atoms with Crippen LogP contribution < -0.4 is 10.6 Å². The van der Waals surface area contributed by atoms with E-state index in [-0.39, 0.29) is 11.7 Å². The Hall–Kier alpha value is -2.63. The average molecular weight is 274 g/mol. The second kappa shape index (κ2) is 6.01. The van der Waals surface area contributed by atoms with Crippen molar-refractivity contribution >= 4 is 11.7 Å². The number of hydrogen-bond donors (Lipinski definition) is 2. The van der Waals surface area contributed by atoms with Crippen LogP contribution in [-0.4, -0.2) is 23.1 Å². The average Bonchev–Trinajstić information content (AvgIpc) is 2.49. The molecule has 0 amide bonds. The predicted molar refractivity (Wildman–Crippen MR) is 75.3 cm³/mol. The van der Waals surface area contributed by atoms with Gasteiger partial charge in [-0.15, -0.1) is 0 Å². The number of hydrogen-bond acceptors (Lipinski definition) is 4. The highest BCUT2D eigenvalue weighted by Gasteiger charge is 2.07. The van der Waals surface area contributed by atoms with Crippen molar-refractivity contribution in [1.29, 1.82) is 0 Å². The van der Waals surface area contributed by atoms with E-state index in [0.29, 0.717) is 17.9 Å². The molecule has 0 fully saturated rings. The lowest BCUT2D eigenvalue weighted by atomic mass is 10.2. The van der Waals surface area contributed by atoms with Crippen LogP contribution in [0.15, 0.2) is 47.8 Å². The van der Waals surface area contributed by atoms with Crippen LogP contribution >= 0.6 is 0 Å². The van der Waals surface area contributed by atoms with Crippen molar-refractivity contribution in [3.8, 4) is 0 Å². The zero-order valence-electron chi connectivity index (χ0n) is 11.0. The van der Waals surface area contributed by atoms with E-state index in [1.54, 1.807) is 30.5 Å². The summed E-state index contributed by atoms with van der Waals surface area (Å²) in [6.07, 6.45) is 1.59. The number of amidine groups is 1. The Labute approximate surface area is 116 Å². The lowest BCUT2D eigenvalue weighted by molar-refractivity contribution is 0.318. The van der Waals surface area contributed by atoms with Gasteiger partial charge in [0.15, 0.2) is 5.84 Å². The van der Waals surface area contributed by atoms with E-state index >= 15 is 0 Å². The topological polar surface area (TPSA) is 74.7 Å². The second-order valence-corrected chi connectivity index (χ2v) is 4.37. The molecule has 0 unspecified atom stereocenters. The minimum atomic E-state index is -0.261. The van der Waals surface area contributed by atoms with Crippen LogP contribution in [0.25, 0.3) is 0 Å². The minimum Gasteiger partial charge on any atom is -0.409 e. The van der Waals surface area contributed by atoms with Crippen LogP contribution in [0.3, 0.4) is 0 Å². The fourth-order valence-corrected chi connectivity index (χ4v) is 1.79. The molecule has 0 atom stereocenters. The molecule has 1 heterocycles. The van der Waals surface area contributed by atoms with Gasteiger partial charge in [0, 0.05) is 25.4 Å². The molecule has 20 heavy (non-hydrogen) atoms. The molecule has 0 saturated carbocycles. The van der Waals surface area contributed by atoms with Gasteiger partial charge in [0.25, 0.3) is 0 Å². The molecule has 2 aromatic rings. The summed E-state index contributed by atoms with van der Waals surface area (Å²) in [6.45, 7) is 0.576. The Morgan fingerprint density at radius 3 is 2.70 bits per heavy atom. The lowest BCUT2D eigenvalue weighted by Gasteiger charge is -2.18. The molecule has 0 aliphatic rings. The van der Waals surface area contributed by atoms with Crippen LogP contribution in [0.4, 0.5) is 10.2 Å². The second-order valence-electron chi connectivity index (χ2n) is 4.37. The number of nitrogens with zero attached hydrogens (tertiary/aromatic N) is 3. The van der Waals surface area contributed by atoms with Crippen LogP contribution in [0, 0.1) is 5.82 Å². The Balaban J connectivity index is 2.16. The fraction of sp³-hybridized carbons (Fsp3) is 0.143. The maximum Gasteiger partial charge on any atom is 0.170 e. The molecule has 2 rings (SSSR count). The summed E-state index contributed by atoms with van der Waals surface area (Å²) in [5.74, 6) is 0.450. The quantitative estimate of drug-likeness (QED) is 0.387. The third kappa shape index (κ3) is 3.23. The first-order valence-corrected chi connectivity index (χ1v) is 5.99. The van der Waals surface area contributed by atoms with E-state index in [1.807, 2.05) is 11.9 Å². The number of benzene rings is 1. The van der Waals surface area contributed by atoms with E-state index in [9.17, 15) is 4.39 Å². The molecule has 0 radical (unpaired) electrons. The normalized spacial score (nSPS) is 11.4. The minimum absolute atomic E-state index is 0.0313. The highest BCUT2D eigenvalue weighted by molar-refractivity contribution is 5.97. The molecule has 0 bridgehead atoms. The van der Waals surface area contributed by atoms with Gasteiger partial charge in [0.1, 0.15) is 11.6 Å². The number of aromatic nitrogens is 1. The van der Waals surface area contributed by atoms with Gasteiger partial charge in [-0.1, -0.05) is 17.3 Å². The molecular weight excluding hydrogens is 259 g/mol. The summed E-state index contributed by atoms with van der Waals surface area (Å²) in [6, 6.07) is 9.66. The van der Waals surface area contributed by atoms with Gasteiger partial charge in [-0.2, -0.15) is 0 Å². The number of anilines is 1. The predicted octanol–water partition coefficient (Wildman–Crippen LogP) is 1.95. The van der Waals surface area contributed by atoms with E-state index in [0.717, 1.165) is 5.56 Å². The van der Waals surface area contributed by atoms with Crippen molar-refractivity contribution in [2.24, 2.45) is 10.9 Å². The zero-order valence-corrected chi connectivity index (χ0v) is 11.0. The van der Waals surface area contributed by atoms with Gasteiger partial charge in [-0.05, 0) is 29.8 Å². The van der Waals surface area contributed by atoms with Gasteiger partial charge >= 0.3 is 0 Å². The number of oxime groups is 1. The van der Waals surface area contributed by atoms with Gasteiger partial charge in [0.05, 0.1) is 0 Å². The first-order chi connectivity index (χ1) is 9.60. The number of halogens is 1. The van der Waals surface area contributed by atoms with Crippen molar-refractivity contribution in [2.75, 3.05) is 11.9 Å². The maximum absolute atomic E-state index is 12.9. The Kier molecular flexibility index (Phi) is 4.14. The molecule has 1 aromatic heterocycles. The molecule has 6 heteroatoms. The largest absolute Gasteiger partial charge is 0.409 e. The summed E-state index contributed by atoms with van der Waals surface area (Å²) in [5, 5.41) is 11.6. The molecule has 1 aromatic carbocycles. The molecule has 104 valence electrons. The van der Waals surface area contributed by atoms with Gasteiger partial charge in [0.2, 0.25) is 0 Å². The van der Waals surface area contributed by atoms with E-state index in [4.69, 9.17) is 10.9 Å². The molecule has 5 nitrogen and oxygen atoms in total. The van der Waals surface area contributed by atoms with Crippen molar-refractivity contribution in [3.63, 3.8) is 0 Å². The highest BCUT2D eigenvalue weighted by Crippen LogP contribution is 2.14. The number of pyridine rings is 1. The van der Waals surface area contributed by atoms with Crippen molar-refractivity contribution in [1.82, 2.24) is 4.98 Å². The first kappa shape index (κ1) is 13.8. The number of rotatable bonds is 4. The van der Waals surface area contributed by atoms with Gasteiger partial charge in [-0.3, -0.25) is 0 Å². The Morgan fingerprint density at radius 1 is 1.35 bits per heavy atom. The van der Waals surface area contributed by atoms with Crippen LogP contribution in [-0.2, 0) is 6.54 Å². The maximum atomic E-state index is 12.9.